The average molecular weight is 285 g/mol. The lowest BCUT2D eigenvalue weighted by atomic mass is 10.3. The van der Waals surface area contributed by atoms with Crippen LogP contribution in [0.1, 0.15) is 0 Å². The van der Waals surface area contributed by atoms with Crippen LogP contribution in [0.5, 0.6) is 0 Å². The molecule has 7 heteroatoms. The van der Waals surface area contributed by atoms with Crippen LogP contribution in [0.15, 0.2) is 39.3 Å². The van der Waals surface area contributed by atoms with Gasteiger partial charge in [-0.25, -0.2) is 18.7 Å². The minimum absolute atomic E-state index is 0.293. The van der Waals surface area contributed by atoms with Gasteiger partial charge in [0.15, 0.2) is 5.16 Å². The number of nitrogens with zero attached hydrogens (tertiary/aromatic N) is 2. The third kappa shape index (κ3) is 3.11. The molecule has 0 radical (unpaired) electrons. The smallest absolute Gasteiger partial charge is 0.190 e. The Kier molecular flexibility index (Phi) is 4.03. The van der Waals surface area contributed by atoms with Crippen LogP contribution in [-0.4, -0.2) is 16.2 Å². The molecule has 0 saturated carbocycles. The van der Waals surface area contributed by atoms with Gasteiger partial charge in [0.25, 0.3) is 0 Å². The third-order valence-corrected chi connectivity index (χ3v) is 3.51. The number of hydrogen-bond donors (Lipinski definition) is 1. The van der Waals surface area contributed by atoms with Gasteiger partial charge in [0.2, 0.25) is 0 Å². The van der Waals surface area contributed by atoms with E-state index in [2.05, 4.69) is 9.97 Å². The molecule has 18 heavy (non-hydrogen) atoms. The first-order valence-electron chi connectivity index (χ1n) is 4.90. The van der Waals surface area contributed by atoms with E-state index in [1.807, 2.05) is 6.26 Å². The van der Waals surface area contributed by atoms with E-state index < -0.39 is 11.6 Å². The van der Waals surface area contributed by atoms with E-state index in [1.54, 1.807) is 6.07 Å². The molecule has 1 aromatic heterocycles. The van der Waals surface area contributed by atoms with Gasteiger partial charge in [-0.2, -0.15) is 0 Å². The summed E-state index contributed by atoms with van der Waals surface area (Å²) in [4.78, 5) is 8.47. The lowest BCUT2D eigenvalue weighted by Gasteiger charge is -2.05. The Bertz CT molecular complexity index is 578. The summed E-state index contributed by atoms with van der Waals surface area (Å²) in [5.74, 6) is -0.911. The van der Waals surface area contributed by atoms with E-state index in [1.165, 1.54) is 23.9 Å². The fourth-order valence-corrected chi connectivity index (χ4v) is 2.51. The van der Waals surface area contributed by atoms with Crippen molar-refractivity contribution in [2.24, 2.45) is 0 Å². The maximum absolute atomic E-state index is 13.5. The number of rotatable bonds is 3. The normalized spacial score (nSPS) is 10.6. The van der Waals surface area contributed by atoms with Gasteiger partial charge in [-0.15, -0.1) is 0 Å². The van der Waals surface area contributed by atoms with Gasteiger partial charge in [-0.3, -0.25) is 0 Å². The second-order valence-corrected chi connectivity index (χ2v) is 5.13. The summed E-state index contributed by atoms with van der Waals surface area (Å²) in [6.07, 6.45) is 1.82. The first-order chi connectivity index (χ1) is 8.58. The maximum atomic E-state index is 13.5. The molecule has 0 spiro atoms. The quantitative estimate of drug-likeness (QED) is 0.533. The predicted octanol–water partition coefficient (Wildman–Crippen LogP) is 3.21. The Hall–Kier alpha value is -1.34. The van der Waals surface area contributed by atoms with Crippen LogP contribution in [0, 0.1) is 11.6 Å². The molecular weight excluding hydrogens is 276 g/mol. The molecule has 0 bridgehead atoms. The molecule has 0 fully saturated rings. The Morgan fingerprint density at radius 3 is 2.61 bits per heavy atom. The highest BCUT2D eigenvalue weighted by molar-refractivity contribution is 7.99. The molecule has 94 valence electrons. The standard InChI is InChI=1S/C11H9F2N3S2/c1-17-11-15-9(14)5-10(16-11)18-8-3-2-6(12)4-7(8)13/h2-5H,1H3,(H2,14,15,16). The number of halogens is 2. The van der Waals surface area contributed by atoms with Crippen molar-refractivity contribution in [1.29, 1.82) is 0 Å². The number of benzene rings is 1. The van der Waals surface area contributed by atoms with Crippen LogP contribution in [0.4, 0.5) is 14.6 Å². The monoisotopic (exact) mass is 285 g/mol. The van der Waals surface area contributed by atoms with Gasteiger partial charge in [-0.1, -0.05) is 23.5 Å². The van der Waals surface area contributed by atoms with Gasteiger partial charge >= 0.3 is 0 Å². The van der Waals surface area contributed by atoms with Gasteiger partial charge in [0.1, 0.15) is 22.5 Å². The molecule has 2 aromatic rings. The van der Waals surface area contributed by atoms with E-state index in [9.17, 15) is 8.78 Å². The summed E-state index contributed by atoms with van der Waals surface area (Å²) < 4.78 is 26.2. The second kappa shape index (κ2) is 5.53. The molecule has 0 aliphatic rings. The van der Waals surface area contributed by atoms with E-state index >= 15 is 0 Å². The van der Waals surface area contributed by atoms with Gasteiger partial charge in [-0.05, 0) is 18.4 Å². The van der Waals surface area contributed by atoms with Crippen molar-refractivity contribution in [3.63, 3.8) is 0 Å². The predicted molar refractivity (Wildman–Crippen MR) is 68.7 cm³/mol. The zero-order valence-electron chi connectivity index (χ0n) is 9.35. The molecule has 2 N–H and O–H groups in total. The van der Waals surface area contributed by atoms with E-state index in [0.717, 1.165) is 17.8 Å². The van der Waals surface area contributed by atoms with Crippen LogP contribution < -0.4 is 5.73 Å². The first-order valence-corrected chi connectivity index (χ1v) is 6.94. The van der Waals surface area contributed by atoms with Crippen molar-refractivity contribution in [3.8, 4) is 0 Å². The van der Waals surface area contributed by atoms with Crippen LogP contribution in [-0.2, 0) is 0 Å². The molecule has 0 aliphatic heterocycles. The highest BCUT2D eigenvalue weighted by Gasteiger charge is 2.08. The second-order valence-electron chi connectivity index (χ2n) is 3.29. The summed E-state index contributed by atoms with van der Waals surface area (Å²) in [5.41, 5.74) is 5.62. The SMILES string of the molecule is CSc1nc(N)cc(Sc2ccc(F)cc2F)n1. The fourth-order valence-electron chi connectivity index (χ4n) is 1.23. The third-order valence-electron chi connectivity index (χ3n) is 1.99. The van der Waals surface area contributed by atoms with Gasteiger partial charge in [0.05, 0.1) is 0 Å². The molecule has 3 nitrogen and oxygen atoms in total. The highest BCUT2D eigenvalue weighted by Crippen LogP contribution is 2.30. The number of nitrogen functional groups attached to an aromatic ring is 1. The Labute approximate surface area is 111 Å². The van der Waals surface area contributed by atoms with E-state index in [4.69, 9.17) is 5.73 Å². The lowest BCUT2D eigenvalue weighted by molar-refractivity contribution is 0.565. The molecule has 0 aliphatic carbocycles. The van der Waals surface area contributed by atoms with Gasteiger partial charge < -0.3 is 5.73 Å². The molecular formula is C11H9F2N3S2. The summed E-state index contributed by atoms with van der Waals surface area (Å²) in [6.45, 7) is 0. The number of aromatic nitrogens is 2. The average Bonchev–Trinajstić information content (AvgIpc) is 2.32. The van der Waals surface area contributed by atoms with E-state index in [-0.39, 0.29) is 0 Å². The Balaban J connectivity index is 2.30. The van der Waals surface area contributed by atoms with Crippen LogP contribution >= 0.6 is 23.5 Å². The molecule has 0 saturated heterocycles. The highest BCUT2D eigenvalue weighted by atomic mass is 32.2. The fraction of sp³-hybridized carbons (Fsp3) is 0.0909. The van der Waals surface area contributed by atoms with Crippen molar-refractivity contribution >= 4 is 29.3 Å². The zero-order valence-corrected chi connectivity index (χ0v) is 11.0. The number of nitrogens with two attached hydrogens (primary N) is 1. The zero-order chi connectivity index (χ0) is 13.1. The molecule has 0 amide bonds. The van der Waals surface area contributed by atoms with Crippen molar-refractivity contribution in [2.45, 2.75) is 15.1 Å². The topological polar surface area (TPSA) is 51.8 Å². The van der Waals surface area contributed by atoms with E-state index in [0.29, 0.717) is 20.9 Å². The summed E-state index contributed by atoms with van der Waals surface area (Å²) in [5, 5.41) is 1.04. The van der Waals surface area contributed by atoms with Crippen LogP contribution in [0.25, 0.3) is 0 Å². The minimum atomic E-state index is -0.622. The summed E-state index contributed by atoms with van der Waals surface area (Å²) in [6, 6.07) is 4.95. The molecule has 2 rings (SSSR count). The maximum Gasteiger partial charge on any atom is 0.190 e. The van der Waals surface area contributed by atoms with Crippen molar-refractivity contribution < 1.29 is 8.78 Å². The molecule has 1 aromatic carbocycles. The largest absolute Gasteiger partial charge is 0.384 e. The van der Waals surface area contributed by atoms with Crippen molar-refractivity contribution in [1.82, 2.24) is 9.97 Å². The lowest BCUT2D eigenvalue weighted by Crippen LogP contribution is -1.96. The van der Waals surface area contributed by atoms with Crippen molar-refractivity contribution in [2.75, 3.05) is 12.0 Å². The van der Waals surface area contributed by atoms with Crippen LogP contribution in [0.3, 0.4) is 0 Å². The first kappa shape index (κ1) is 13.1. The summed E-state index contributed by atoms with van der Waals surface area (Å²) >= 11 is 2.43. The Morgan fingerprint density at radius 2 is 1.94 bits per heavy atom. The van der Waals surface area contributed by atoms with Crippen molar-refractivity contribution in [3.05, 3.63) is 35.9 Å². The number of thioether (sulfide) groups is 1. The molecule has 0 atom stereocenters. The van der Waals surface area contributed by atoms with Crippen LogP contribution in [0.2, 0.25) is 0 Å². The van der Waals surface area contributed by atoms with Gasteiger partial charge in [0, 0.05) is 17.0 Å². The minimum Gasteiger partial charge on any atom is -0.384 e. The number of anilines is 1. The number of hydrogen-bond acceptors (Lipinski definition) is 5. The Morgan fingerprint density at radius 1 is 1.17 bits per heavy atom. The summed E-state index contributed by atoms with van der Waals surface area (Å²) in [7, 11) is 0. The molecule has 0 unspecified atom stereocenters. The molecule has 1 heterocycles.